The van der Waals surface area contributed by atoms with Crippen molar-refractivity contribution < 1.29 is 9.18 Å². The molecule has 0 atom stereocenters. The summed E-state index contributed by atoms with van der Waals surface area (Å²) in [6, 6.07) is 9.97. The number of nitrogens with one attached hydrogen (secondary N) is 2. The predicted octanol–water partition coefficient (Wildman–Crippen LogP) is 5.77. The second kappa shape index (κ2) is 7.87. The van der Waals surface area contributed by atoms with Gasteiger partial charge in [-0.05, 0) is 47.7 Å². The molecule has 0 bridgehead atoms. The number of carbonyl (C=O) groups excluding carboxylic acids is 1. The zero-order valence-corrected chi connectivity index (χ0v) is 15.8. The molecule has 2 aromatic carbocycles. The Labute approximate surface area is 153 Å². The smallest absolute Gasteiger partial charge is 0.224 e. The molecule has 2 rings (SSSR count). The highest BCUT2D eigenvalue weighted by atomic mass is 35.5. The van der Waals surface area contributed by atoms with Gasteiger partial charge in [0, 0.05) is 18.7 Å². The number of rotatable bonds is 5. The lowest BCUT2D eigenvalue weighted by Gasteiger charge is -2.20. The van der Waals surface area contributed by atoms with E-state index in [9.17, 15) is 9.18 Å². The second-order valence-corrected chi connectivity index (χ2v) is 7.77. The maximum Gasteiger partial charge on any atom is 0.224 e. The Hall–Kier alpha value is -2.07. The number of amides is 1. The van der Waals surface area contributed by atoms with E-state index in [4.69, 9.17) is 11.6 Å². The van der Waals surface area contributed by atoms with Gasteiger partial charge in [0.05, 0.1) is 10.7 Å². The number of hydrogen-bond donors (Lipinski definition) is 2. The summed E-state index contributed by atoms with van der Waals surface area (Å²) in [6.45, 7) is 8.51. The van der Waals surface area contributed by atoms with Crippen LogP contribution in [0.4, 0.5) is 15.8 Å². The van der Waals surface area contributed by atoms with E-state index in [1.54, 1.807) is 18.2 Å². The fourth-order valence-corrected chi connectivity index (χ4v) is 2.74. The van der Waals surface area contributed by atoms with E-state index in [0.29, 0.717) is 23.7 Å². The van der Waals surface area contributed by atoms with Crippen molar-refractivity contribution in [1.29, 1.82) is 0 Å². The van der Waals surface area contributed by atoms with Gasteiger partial charge in [0.1, 0.15) is 5.82 Å². The van der Waals surface area contributed by atoms with E-state index < -0.39 is 0 Å². The van der Waals surface area contributed by atoms with Crippen LogP contribution in [-0.4, -0.2) is 5.91 Å². The van der Waals surface area contributed by atoms with Crippen LogP contribution in [0.3, 0.4) is 0 Å². The number of halogens is 2. The van der Waals surface area contributed by atoms with Gasteiger partial charge < -0.3 is 10.6 Å². The van der Waals surface area contributed by atoms with Crippen LogP contribution in [0.1, 0.15) is 38.3 Å². The molecule has 25 heavy (non-hydrogen) atoms. The lowest BCUT2D eigenvalue weighted by Crippen LogP contribution is -2.20. The summed E-state index contributed by atoms with van der Waals surface area (Å²) in [6.07, 6.45) is 0.413. The number of hydrogen-bond acceptors (Lipinski definition) is 2. The van der Waals surface area contributed by atoms with Gasteiger partial charge in [-0.3, -0.25) is 4.79 Å². The van der Waals surface area contributed by atoms with Crippen molar-refractivity contribution >= 4 is 28.9 Å². The predicted molar refractivity (Wildman–Crippen MR) is 103 cm³/mol. The van der Waals surface area contributed by atoms with Gasteiger partial charge in [0.25, 0.3) is 0 Å². The molecule has 0 spiro atoms. The average molecular weight is 363 g/mol. The zero-order chi connectivity index (χ0) is 18.6. The topological polar surface area (TPSA) is 41.1 Å². The highest BCUT2D eigenvalue weighted by Crippen LogP contribution is 2.32. The molecule has 1 amide bonds. The Morgan fingerprint density at radius 3 is 2.36 bits per heavy atom. The van der Waals surface area contributed by atoms with E-state index in [-0.39, 0.29) is 17.1 Å². The largest absolute Gasteiger partial charge is 0.381 e. The normalized spacial score (nSPS) is 11.3. The average Bonchev–Trinajstić information content (AvgIpc) is 2.50. The molecule has 0 radical (unpaired) electrons. The van der Waals surface area contributed by atoms with Crippen molar-refractivity contribution in [3.8, 4) is 0 Å². The van der Waals surface area contributed by atoms with E-state index in [2.05, 4.69) is 10.6 Å². The third-order valence-electron chi connectivity index (χ3n) is 3.77. The standard InChI is InChI=1S/C20H24ClFN2O/c1-13-17(23-12-14-5-7-15(22)8-6-14)10-9-16(21)19(13)24-18(25)11-20(2,3)4/h5-10,23H,11-12H2,1-4H3,(H,24,25). The monoisotopic (exact) mass is 362 g/mol. The summed E-state index contributed by atoms with van der Waals surface area (Å²) < 4.78 is 13.0. The molecule has 0 saturated carbocycles. The molecule has 0 saturated heterocycles. The van der Waals surface area contributed by atoms with Gasteiger partial charge in [-0.25, -0.2) is 4.39 Å². The first-order valence-corrected chi connectivity index (χ1v) is 8.61. The summed E-state index contributed by atoms with van der Waals surface area (Å²) >= 11 is 6.27. The molecule has 0 aliphatic heterocycles. The first-order chi connectivity index (χ1) is 11.7. The summed E-state index contributed by atoms with van der Waals surface area (Å²) in [7, 11) is 0. The van der Waals surface area contributed by atoms with Gasteiger partial charge in [-0.2, -0.15) is 0 Å². The SMILES string of the molecule is Cc1c(NCc2ccc(F)cc2)ccc(Cl)c1NC(=O)CC(C)(C)C. The molecule has 2 aromatic rings. The van der Waals surface area contributed by atoms with Crippen molar-refractivity contribution in [1.82, 2.24) is 0 Å². The number of anilines is 2. The summed E-state index contributed by atoms with van der Waals surface area (Å²) in [4.78, 5) is 12.2. The first kappa shape index (κ1) is 19.3. The van der Waals surface area contributed by atoms with Crippen LogP contribution in [0, 0.1) is 18.2 Å². The molecule has 0 unspecified atom stereocenters. The number of carbonyl (C=O) groups is 1. The van der Waals surface area contributed by atoms with E-state index in [1.165, 1.54) is 12.1 Å². The van der Waals surface area contributed by atoms with E-state index >= 15 is 0 Å². The Morgan fingerprint density at radius 1 is 1.12 bits per heavy atom. The maximum atomic E-state index is 13.0. The minimum absolute atomic E-state index is 0.0619. The third-order valence-corrected chi connectivity index (χ3v) is 4.08. The fraction of sp³-hybridized carbons (Fsp3) is 0.350. The summed E-state index contributed by atoms with van der Waals surface area (Å²) in [5.41, 5.74) is 3.24. The molecule has 3 nitrogen and oxygen atoms in total. The van der Waals surface area contributed by atoms with Gasteiger partial charge in [-0.15, -0.1) is 0 Å². The van der Waals surface area contributed by atoms with Crippen molar-refractivity contribution in [3.63, 3.8) is 0 Å². The highest BCUT2D eigenvalue weighted by Gasteiger charge is 2.18. The quantitative estimate of drug-likeness (QED) is 0.708. The molecule has 0 fully saturated rings. The lowest BCUT2D eigenvalue weighted by molar-refractivity contribution is -0.117. The van der Waals surface area contributed by atoms with Crippen molar-refractivity contribution in [2.45, 2.75) is 40.7 Å². The van der Waals surface area contributed by atoms with Crippen LogP contribution in [0.25, 0.3) is 0 Å². The third kappa shape index (κ3) is 5.75. The summed E-state index contributed by atoms with van der Waals surface area (Å²) in [5, 5.41) is 6.73. The van der Waals surface area contributed by atoms with Crippen molar-refractivity contribution in [3.05, 3.63) is 58.4 Å². The lowest BCUT2D eigenvalue weighted by atomic mass is 9.92. The van der Waals surface area contributed by atoms with Crippen LogP contribution in [0.5, 0.6) is 0 Å². The molecule has 0 heterocycles. The Bertz CT molecular complexity index is 752. The van der Waals surface area contributed by atoms with Crippen LogP contribution in [0.15, 0.2) is 36.4 Å². The van der Waals surface area contributed by atoms with Crippen LogP contribution in [-0.2, 0) is 11.3 Å². The fourth-order valence-electron chi connectivity index (χ4n) is 2.49. The van der Waals surface area contributed by atoms with E-state index in [1.807, 2.05) is 33.8 Å². The van der Waals surface area contributed by atoms with Crippen molar-refractivity contribution in [2.75, 3.05) is 10.6 Å². The summed E-state index contributed by atoms with van der Waals surface area (Å²) in [5.74, 6) is -0.316. The highest BCUT2D eigenvalue weighted by molar-refractivity contribution is 6.34. The Morgan fingerprint density at radius 2 is 1.76 bits per heavy atom. The molecule has 2 N–H and O–H groups in total. The molecular formula is C20H24ClFN2O. The molecule has 0 aliphatic carbocycles. The van der Waals surface area contributed by atoms with Crippen LogP contribution in [0.2, 0.25) is 5.02 Å². The minimum atomic E-state index is -0.254. The van der Waals surface area contributed by atoms with Gasteiger partial charge >= 0.3 is 0 Å². The van der Waals surface area contributed by atoms with Gasteiger partial charge in [-0.1, -0.05) is 44.5 Å². The zero-order valence-electron chi connectivity index (χ0n) is 15.0. The minimum Gasteiger partial charge on any atom is -0.381 e. The Balaban J connectivity index is 2.12. The van der Waals surface area contributed by atoms with Crippen LogP contribution >= 0.6 is 11.6 Å². The van der Waals surface area contributed by atoms with Gasteiger partial charge in [0.2, 0.25) is 5.91 Å². The maximum absolute atomic E-state index is 13.0. The molecular weight excluding hydrogens is 339 g/mol. The number of benzene rings is 2. The molecule has 5 heteroatoms. The first-order valence-electron chi connectivity index (χ1n) is 8.23. The van der Waals surface area contributed by atoms with Crippen molar-refractivity contribution in [2.24, 2.45) is 5.41 Å². The molecule has 0 aromatic heterocycles. The van der Waals surface area contributed by atoms with Crippen LogP contribution < -0.4 is 10.6 Å². The second-order valence-electron chi connectivity index (χ2n) is 7.36. The molecule has 0 aliphatic rings. The molecule has 134 valence electrons. The Kier molecular flexibility index (Phi) is 6.07. The van der Waals surface area contributed by atoms with Gasteiger partial charge in [0.15, 0.2) is 0 Å². The van der Waals surface area contributed by atoms with E-state index in [0.717, 1.165) is 16.8 Å².